The number of methoxy groups -OCH3 is 1. The molecule has 7 nitrogen and oxygen atoms in total. The highest BCUT2D eigenvalue weighted by Crippen LogP contribution is 2.29. The molecule has 0 saturated heterocycles. The number of amides is 1. The van der Waals surface area contributed by atoms with Crippen LogP contribution in [0.25, 0.3) is 0 Å². The molecule has 0 spiro atoms. The molecule has 29 heavy (non-hydrogen) atoms. The van der Waals surface area contributed by atoms with Gasteiger partial charge in [0.25, 0.3) is 11.6 Å². The number of nitrogens with one attached hydrogen (secondary N) is 1. The number of benzene rings is 3. The molecule has 0 aliphatic carbocycles. The minimum atomic E-state index is -0.496. The molecular weight excluding hydrogens is 370 g/mol. The maximum absolute atomic E-state index is 12.8. The van der Waals surface area contributed by atoms with Gasteiger partial charge in [-0.2, -0.15) is 0 Å². The number of nitro groups is 1. The highest BCUT2D eigenvalue weighted by atomic mass is 16.6. The molecule has 3 aromatic carbocycles. The minimum Gasteiger partial charge on any atom is -0.497 e. The van der Waals surface area contributed by atoms with Gasteiger partial charge in [0.15, 0.2) is 0 Å². The van der Waals surface area contributed by atoms with Crippen LogP contribution in [0.5, 0.6) is 5.75 Å². The summed E-state index contributed by atoms with van der Waals surface area (Å²) in [6.45, 7) is 0.355. The molecule has 0 heterocycles. The molecule has 1 amide bonds. The Balaban J connectivity index is 1.81. The summed E-state index contributed by atoms with van der Waals surface area (Å²) in [4.78, 5) is 25.4. The first-order valence-corrected chi connectivity index (χ1v) is 8.97. The van der Waals surface area contributed by atoms with Crippen molar-refractivity contribution in [2.75, 3.05) is 19.5 Å². The first-order valence-electron chi connectivity index (χ1n) is 8.97. The highest BCUT2D eigenvalue weighted by Gasteiger charge is 2.20. The van der Waals surface area contributed by atoms with Crippen LogP contribution in [-0.2, 0) is 6.54 Å². The smallest absolute Gasteiger partial charge is 0.293 e. The Labute approximate surface area is 168 Å². The standard InChI is InChI=1S/C22H21N3O4/c1-24(15-16-7-6-10-19(13-16)29-2)22(26)17-11-12-20(21(14-17)25(27)28)23-18-8-4-3-5-9-18/h3-14,23H,15H2,1-2H3. The van der Waals surface area contributed by atoms with Crippen molar-refractivity contribution in [3.63, 3.8) is 0 Å². The molecule has 7 heteroatoms. The lowest BCUT2D eigenvalue weighted by Crippen LogP contribution is -2.26. The third kappa shape index (κ3) is 4.90. The van der Waals surface area contributed by atoms with Crippen LogP contribution in [0.1, 0.15) is 15.9 Å². The Bertz CT molecular complexity index is 1020. The largest absolute Gasteiger partial charge is 0.497 e. The van der Waals surface area contributed by atoms with Crippen molar-refractivity contribution >= 4 is 23.0 Å². The second-order valence-electron chi connectivity index (χ2n) is 6.49. The van der Waals surface area contributed by atoms with Gasteiger partial charge in [0.1, 0.15) is 11.4 Å². The first kappa shape index (κ1) is 19.9. The van der Waals surface area contributed by atoms with Crippen molar-refractivity contribution in [1.82, 2.24) is 4.90 Å². The number of para-hydroxylation sites is 1. The lowest BCUT2D eigenvalue weighted by molar-refractivity contribution is -0.383. The fraction of sp³-hybridized carbons (Fsp3) is 0.136. The second-order valence-corrected chi connectivity index (χ2v) is 6.49. The maximum atomic E-state index is 12.8. The maximum Gasteiger partial charge on any atom is 0.293 e. The van der Waals surface area contributed by atoms with Gasteiger partial charge < -0.3 is 15.0 Å². The summed E-state index contributed by atoms with van der Waals surface area (Å²) >= 11 is 0. The van der Waals surface area contributed by atoms with Gasteiger partial charge in [0.05, 0.1) is 12.0 Å². The summed E-state index contributed by atoms with van der Waals surface area (Å²) in [5, 5.41) is 14.6. The van der Waals surface area contributed by atoms with Gasteiger partial charge in [-0.25, -0.2) is 0 Å². The van der Waals surface area contributed by atoms with Crippen LogP contribution in [0.3, 0.4) is 0 Å². The zero-order chi connectivity index (χ0) is 20.8. The molecule has 0 fully saturated rings. The average Bonchev–Trinajstić information content (AvgIpc) is 2.74. The van der Waals surface area contributed by atoms with Crippen molar-refractivity contribution in [2.45, 2.75) is 6.54 Å². The molecule has 0 bridgehead atoms. The summed E-state index contributed by atoms with van der Waals surface area (Å²) in [5.41, 5.74) is 2.05. The zero-order valence-corrected chi connectivity index (χ0v) is 16.2. The lowest BCUT2D eigenvalue weighted by Gasteiger charge is -2.18. The van der Waals surface area contributed by atoms with E-state index in [2.05, 4.69) is 5.32 Å². The summed E-state index contributed by atoms with van der Waals surface area (Å²) < 4.78 is 5.20. The van der Waals surface area contributed by atoms with Crippen LogP contribution < -0.4 is 10.1 Å². The summed E-state index contributed by atoms with van der Waals surface area (Å²) in [5.74, 6) is 0.400. The molecule has 148 valence electrons. The number of rotatable bonds is 7. The van der Waals surface area contributed by atoms with Gasteiger partial charge in [-0.05, 0) is 42.0 Å². The molecular formula is C22H21N3O4. The summed E-state index contributed by atoms with van der Waals surface area (Å²) in [7, 11) is 3.24. The fourth-order valence-electron chi connectivity index (χ4n) is 2.94. The Morgan fingerprint density at radius 2 is 1.83 bits per heavy atom. The molecule has 3 aromatic rings. The van der Waals surface area contributed by atoms with Crippen molar-refractivity contribution < 1.29 is 14.5 Å². The van der Waals surface area contributed by atoms with E-state index in [0.717, 1.165) is 11.3 Å². The van der Waals surface area contributed by atoms with E-state index in [0.29, 0.717) is 18.0 Å². The highest BCUT2D eigenvalue weighted by molar-refractivity contribution is 5.95. The molecule has 0 radical (unpaired) electrons. The number of carbonyl (C=O) groups excluding carboxylic acids is 1. The van der Waals surface area contributed by atoms with Crippen LogP contribution >= 0.6 is 0 Å². The number of nitrogens with zero attached hydrogens (tertiary/aromatic N) is 2. The third-order valence-electron chi connectivity index (χ3n) is 4.39. The van der Waals surface area contributed by atoms with Gasteiger partial charge in [0, 0.05) is 30.9 Å². The van der Waals surface area contributed by atoms with Crippen LogP contribution in [0, 0.1) is 10.1 Å². The Hall–Kier alpha value is -3.87. The van der Waals surface area contributed by atoms with E-state index < -0.39 is 4.92 Å². The first-order chi connectivity index (χ1) is 14.0. The van der Waals surface area contributed by atoms with Crippen LogP contribution in [0.2, 0.25) is 0 Å². The minimum absolute atomic E-state index is 0.158. The fourth-order valence-corrected chi connectivity index (χ4v) is 2.94. The van der Waals surface area contributed by atoms with Gasteiger partial charge in [-0.1, -0.05) is 30.3 Å². The van der Waals surface area contributed by atoms with Gasteiger partial charge in [0.2, 0.25) is 0 Å². The van der Waals surface area contributed by atoms with E-state index in [4.69, 9.17) is 4.74 Å². The van der Waals surface area contributed by atoms with E-state index in [1.54, 1.807) is 26.3 Å². The predicted molar refractivity (Wildman–Crippen MR) is 112 cm³/mol. The predicted octanol–water partition coefficient (Wildman–Crippen LogP) is 4.62. The molecule has 3 rings (SSSR count). The molecule has 0 atom stereocenters. The van der Waals surface area contributed by atoms with Crippen molar-refractivity contribution in [2.24, 2.45) is 0 Å². The van der Waals surface area contributed by atoms with Crippen LogP contribution in [0.15, 0.2) is 72.8 Å². The lowest BCUT2D eigenvalue weighted by atomic mass is 10.1. The number of nitro benzene ring substituents is 1. The summed E-state index contributed by atoms with van der Waals surface area (Å²) in [6, 6.07) is 21.0. The quantitative estimate of drug-likeness (QED) is 0.469. The van der Waals surface area contributed by atoms with Crippen molar-refractivity contribution in [3.8, 4) is 5.75 Å². The zero-order valence-electron chi connectivity index (χ0n) is 16.2. The Morgan fingerprint density at radius 3 is 2.52 bits per heavy atom. The topological polar surface area (TPSA) is 84.7 Å². The normalized spacial score (nSPS) is 10.3. The van der Waals surface area contributed by atoms with E-state index in [9.17, 15) is 14.9 Å². The van der Waals surface area contributed by atoms with Crippen molar-refractivity contribution in [1.29, 1.82) is 0 Å². The summed E-state index contributed by atoms with van der Waals surface area (Å²) in [6.07, 6.45) is 0. The molecule has 0 saturated carbocycles. The molecule has 0 aliphatic rings. The van der Waals surface area contributed by atoms with Gasteiger partial charge >= 0.3 is 0 Å². The van der Waals surface area contributed by atoms with Crippen LogP contribution in [-0.4, -0.2) is 29.9 Å². The molecule has 0 aromatic heterocycles. The average molecular weight is 391 g/mol. The third-order valence-corrected chi connectivity index (χ3v) is 4.39. The molecule has 1 N–H and O–H groups in total. The Morgan fingerprint density at radius 1 is 1.07 bits per heavy atom. The number of hydrogen-bond acceptors (Lipinski definition) is 5. The van der Waals surface area contributed by atoms with E-state index in [-0.39, 0.29) is 17.2 Å². The number of hydrogen-bond donors (Lipinski definition) is 1. The monoisotopic (exact) mass is 391 g/mol. The van der Waals surface area contributed by atoms with E-state index >= 15 is 0 Å². The Kier molecular flexibility index (Phi) is 6.09. The number of carbonyl (C=O) groups is 1. The molecule has 0 unspecified atom stereocenters. The van der Waals surface area contributed by atoms with Crippen LogP contribution in [0.4, 0.5) is 17.1 Å². The number of anilines is 2. The van der Waals surface area contributed by atoms with E-state index in [1.807, 2.05) is 54.6 Å². The van der Waals surface area contributed by atoms with Crippen molar-refractivity contribution in [3.05, 3.63) is 94.0 Å². The molecule has 0 aliphatic heterocycles. The van der Waals surface area contributed by atoms with E-state index in [1.165, 1.54) is 11.0 Å². The number of ether oxygens (including phenoxy) is 1. The second kappa shape index (κ2) is 8.88. The van der Waals surface area contributed by atoms with Gasteiger partial charge in [-0.15, -0.1) is 0 Å². The SMILES string of the molecule is COc1cccc(CN(C)C(=O)c2ccc(Nc3ccccc3)c([N+](=O)[O-])c2)c1. The van der Waals surface area contributed by atoms with Gasteiger partial charge in [-0.3, -0.25) is 14.9 Å².